The van der Waals surface area contributed by atoms with Gasteiger partial charge in [-0.15, -0.1) is 0 Å². The number of benzene rings is 1. The normalized spacial score (nSPS) is 11.0. The van der Waals surface area contributed by atoms with Crippen molar-refractivity contribution in [2.45, 2.75) is 6.92 Å². The monoisotopic (exact) mass is 316 g/mol. The fourth-order valence-electron chi connectivity index (χ4n) is 1.60. The first-order valence-corrected chi connectivity index (χ1v) is 7.55. The van der Waals surface area contributed by atoms with Crippen LogP contribution in [0.2, 0.25) is 0 Å². The zero-order valence-corrected chi connectivity index (χ0v) is 12.4. The van der Waals surface area contributed by atoms with Crippen molar-refractivity contribution in [1.82, 2.24) is 0 Å². The summed E-state index contributed by atoms with van der Waals surface area (Å²) in [5.74, 6) is -3.10. The smallest absolute Gasteiger partial charge is 0.337 e. The van der Waals surface area contributed by atoms with Crippen LogP contribution >= 0.6 is 0 Å². The molecule has 1 aromatic carbocycles. The number of aromatic carboxylic acids is 1. The molecule has 0 saturated heterocycles. The number of carboxylic acids is 1. The topological polar surface area (TPSA) is 127 Å². The van der Waals surface area contributed by atoms with Gasteiger partial charge in [0, 0.05) is 12.7 Å². The molecule has 0 aliphatic rings. The maximum absolute atomic E-state index is 12.1. The van der Waals surface area contributed by atoms with E-state index in [9.17, 15) is 18.0 Å². The zero-order valence-electron chi connectivity index (χ0n) is 11.6. The van der Waals surface area contributed by atoms with Crippen molar-refractivity contribution < 1.29 is 27.9 Å². The molecule has 1 rings (SSSR count). The number of carbonyl (C=O) groups excluding carboxylic acids is 1. The van der Waals surface area contributed by atoms with E-state index in [2.05, 4.69) is 4.74 Å². The molecular weight excluding hydrogens is 300 g/mol. The van der Waals surface area contributed by atoms with Gasteiger partial charge in [-0.1, -0.05) is 0 Å². The van der Waals surface area contributed by atoms with Gasteiger partial charge in [-0.05, 0) is 25.1 Å². The van der Waals surface area contributed by atoms with E-state index in [4.69, 9.17) is 10.8 Å². The minimum absolute atomic E-state index is 0.0559. The van der Waals surface area contributed by atoms with Crippen LogP contribution in [0.1, 0.15) is 17.3 Å². The minimum atomic E-state index is -4.05. The lowest BCUT2D eigenvalue weighted by molar-refractivity contribution is -0.139. The Morgan fingerprint density at radius 1 is 1.38 bits per heavy atom. The lowest BCUT2D eigenvalue weighted by Crippen LogP contribution is -2.34. The number of sulfonamides is 1. The second-order valence-corrected chi connectivity index (χ2v) is 6.11. The van der Waals surface area contributed by atoms with Crippen molar-refractivity contribution in [2.24, 2.45) is 0 Å². The first-order chi connectivity index (χ1) is 9.69. The quantitative estimate of drug-likeness (QED) is 0.570. The van der Waals surface area contributed by atoms with Crippen molar-refractivity contribution in [1.29, 1.82) is 0 Å². The Balaban J connectivity index is 3.16. The fraction of sp³-hybridized carbons (Fsp3) is 0.333. The summed E-state index contributed by atoms with van der Waals surface area (Å²) in [5.41, 5.74) is 5.32. The zero-order chi connectivity index (χ0) is 16.2. The van der Waals surface area contributed by atoms with Gasteiger partial charge in [0.1, 0.15) is 0 Å². The van der Waals surface area contributed by atoms with E-state index in [0.717, 1.165) is 17.4 Å². The molecule has 0 radical (unpaired) electrons. The van der Waals surface area contributed by atoms with Crippen molar-refractivity contribution in [2.75, 3.05) is 29.4 Å². The highest BCUT2D eigenvalue weighted by Gasteiger charge is 2.26. The molecule has 0 unspecified atom stereocenters. The number of carbonyl (C=O) groups is 2. The first kappa shape index (κ1) is 16.8. The number of hydrogen-bond acceptors (Lipinski definition) is 6. The summed E-state index contributed by atoms with van der Waals surface area (Å²) < 4.78 is 29.5. The van der Waals surface area contributed by atoms with Gasteiger partial charge in [-0.2, -0.15) is 0 Å². The van der Waals surface area contributed by atoms with Crippen LogP contribution in [0.25, 0.3) is 0 Å². The maximum atomic E-state index is 12.1. The largest absolute Gasteiger partial charge is 0.478 e. The van der Waals surface area contributed by atoms with Crippen LogP contribution in [0.15, 0.2) is 18.2 Å². The van der Waals surface area contributed by atoms with Gasteiger partial charge < -0.3 is 15.6 Å². The number of nitrogen functional groups attached to an aromatic ring is 1. The van der Waals surface area contributed by atoms with Gasteiger partial charge in [0.05, 0.1) is 17.9 Å². The number of hydrogen-bond donors (Lipinski definition) is 2. The Kier molecular flexibility index (Phi) is 5.14. The van der Waals surface area contributed by atoms with Crippen LogP contribution in [0.5, 0.6) is 0 Å². The van der Waals surface area contributed by atoms with Gasteiger partial charge in [0.25, 0.3) is 0 Å². The van der Waals surface area contributed by atoms with E-state index >= 15 is 0 Å². The average Bonchev–Trinajstić information content (AvgIpc) is 2.37. The molecule has 21 heavy (non-hydrogen) atoms. The molecule has 0 spiro atoms. The number of nitrogens with zero attached hydrogens (tertiary/aromatic N) is 1. The highest BCUT2D eigenvalue weighted by molar-refractivity contribution is 7.93. The van der Waals surface area contributed by atoms with Crippen molar-refractivity contribution in [3.8, 4) is 0 Å². The van der Waals surface area contributed by atoms with Crippen molar-refractivity contribution in [3.05, 3.63) is 23.8 Å². The molecule has 0 atom stereocenters. The third kappa shape index (κ3) is 4.09. The molecule has 3 N–H and O–H groups in total. The van der Waals surface area contributed by atoms with Crippen molar-refractivity contribution in [3.63, 3.8) is 0 Å². The molecule has 0 fully saturated rings. The highest BCUT2D eigenvalue weighted by atomic mass is 32.2. The van der Waals surface area contributed by atoms with Crippen molar-refractivity contribution >= 4 is 33.3 Å². The molecule has 8 nitrogen and oxygen atoms in total. The second-order valence-electron chi connectivity index (χ2n) is 4.11. The molecule has 0 aliphatic carbocycles. The molecule has 116 valence electrons. The number of carboxylic acid groups (broad SMARTS) is 1. The Hall–Kier alpha value is -2.29. The van der Waals surface area contributed by atoms with Crippen LogP contribution in [0, 0.1) is 0 Å². The summed E-state index contributed by atoms with van der Waals surface area (Å²) in [6.07, 6.45) is 0. The lowest BCUT2D eigenvalue weighted by Gasteiger charge is -2.20. The van der Waals surface area contributed by atoms with E-state index in [-0.39, 0.29) is 23.5 Å². The summed E-state index contributed by atoms with van der Waals surface area (Å²) in [4.78, 5) is 22.5. The third-order valence-electron chi connectivity index (χ3n) is 2.61. The Morgan fingerprint density at radius 2 is 2.00 bits per heavy atom. The van der Waals surface area contributed by atoms with E-state index in [1.807, 2.05) is 0 Å². The lowest BCUT2D eigenvalue weighted by atomic mass is 10.1. The van der Waals surface area contributed by atoms with Gasteiger partial charge in [-0.25, -0.2) is 13.2 Å². The molecule has 0 saturated carbocycles. The van der Waals surface area contributed by atoms with Crippen LogP contribution in [-0.4, -0.2) is 44.9 Å². The molecule has 0 heterocycles. The predicted molar refractivity (Wildman–Crippen MR) is 76.6 cm³/mol. The number of esters is 1. The number of rotatable bonds is 6. The summed E-state index contributed by atoms with van der Waals surface area (Å²) >= 11 is 0. The number of anilines is 2. The predicted octanol–water partition coefficient (Wildman–Crippen LogP) is 0.296. The molecular formula is C12H16N2O6S. The standard InChI is InChI=1S/C12H16N2O6S/c1-3-20-11(15)7-21(18,19)14(2)10-5-4-8(13)6-9(10)12(16)17/h4-6H,3,7,13H2,1-2H3,(H,16,17). The van der Waals surface area contributed by atoms with Gasteiger partial charge >= 0.3 is 11.9 Å². The van der Waals surface area contributed by atoms with E-state index in [0.29, 0.717) is 0 Å². The molecule has 1 aromatic rings. The highest BCUT2D eigenvalue weighted by Crippen LogP contribution is 2.24. The summed E-state index contributed by atoms with van der Waals surface area (Å²) in [7, 11) is -2.89. The van der Waals surface area contributed by atoms with Crippen LogP contribution in [-0.2, 0) is 19.6 Å². The van der Waals surface area contributed by atoms with Crippen LogP contribution < -0.4 is 10.0 Å². The fourth-order valence-corrected chi connectivity index (χ4v) is 2.63. The van der Waals surface area contributed by atoms with E-state index in [1.54, 1.807) is 6.92 Å². The van der Waals surface area contributed by atoms with E-state index < -0.39 is 27.7 Å². The van der Waals surface area contributed by atoms with Gasteiger partial charge in [0.15, 0.2) is 5.75 Å². The Morgan fingerprint density at radius 3 is 2.52 bits per heavy atom. The van der Waals surface area contributed by atoms with Gasteiger partial charge in [0.2, 0.25) is 10.0 Å². The Labute approximate surface area is 122 Å². The molecule has 9 heteroatoms. The molecule has 0 amide bonds. The van der Waals surface area contributed by atoms with Gasteiger partial charge in [-0.3, -0.25) is 9.10 Å². The second kappa shape index (κ2) is 6.44. The summed E-state index contributed by atoms with van der Waals surface area (Å²) in [6.45, 7) is 1.61. The maximum Gasteiger partial charge on any atom is 0.337 e. The third-order valence-corrected chi connectivity index (χ3v) is 4.24. The first-order valence-electron chi connectivity index (χ1n) is 5.94. The SMILES string of the molecule is CCOC(=O)CS(=O)(=O)N(C)c1ccc(N)cc1C(=O)O. The summed E-state index contributed by atoms with van der Waals surface area (Å²) in [6, 6.07) is 3.79. The Bertz CT molecular complexity index is 656. The average molecular weight is 316 g/mol. The number of ether oxygens (including phenoxy) is 1. The molecule has 0 aromatic heterocycles. The molecule has 0 bridgehead atoms. The van der Waals surface area contributed by atoms with E-state index in [1.165, 1.54) is 12.1 Å². The van der Waals surface area contributed by atoms with Crippen LogP contribution in [0.4, 0.5) is 11.4 Å². The number of nitrogens with two attached hydrogens (primary N) is 1. The molecule has 0 aliphatic heterocycles. The summed E-state index contributed by atoms with van der Waals surface area (Å²) in [5, 5.41) is 9.10. The minimum Gasteiger partial charge on any atom is -0.478 e. The van der Waals surface area contributed by atoms with Crippen LogP contribution in [0.3, 0.4) is 0 Å².